The highest BCUT2D eigenvalue weighted by Crippen LogP contribution is 2.33. The van der Waals surface area contributed by atoms with Crippen LogP contribution in [0.3, 0.4) is 0 Å². The lowest BCUT2D eigenvalue weighted by molar-refractivity contribution is -0.115. The maximum atomic E-state index is 11.4. The van der Waals surface area contributed by atoms with Gasteiger partial charge in [0.15, 0.2) is 0 Å². The number of rotatable bonds is 1. The molecule has 0 amide bonds. The van der Waals surface area contributed by atoms with Crippen molar-refractivity contribution in [1.29, 1.82) is 0 Å². The van der Waals surface area contributed by atoms with Crippen LogP contribution >= 0.6 is 0 Å². The molecule has 1 heterocycles. The van der Waals surface area contributed by atoms with E-state index < -0.39 is 0 Å². The summed E-state index contributed by atoms with van der Waals surface area (Å²) in [5, 5.41) is 0. The van der Waals surface area contributed by atoms with Crippen LogP contribution in [0.4, 0.5) is 0 Å². The van der Waals surface area contributed by atoms with E-state index in [1.807, 2.05) is 24.3 Å². The monoisotopic (exact) mass is 186 g/mol. The molecule has 2 nitrogen and oxygen atoms in total. The van der Waals surface area contributed by atoms with Crippen molar-refractivity contribution >= 4 is 5.78 Å². The maximum absolute atomic E-state index is 11.4. The number of fused-ring (bicyclic) bond motifs is 1. The molecule has 0 radical (unpaired) electrons. The van der Waals surface area contributed by atoms with E-state index in [2.05, 4.69) is 5.92 Å². The van der Waals surface area contributed by atoms with Gasteiger partial charge in [-0.3, -0.25) is 4.79 Å². The molecule has 1 aromatic rings. The predicted molar refractivity (Wildman–Crippen MR) is 53.1 cm³/mol. The predicted octanol–water partition coefficient (Wildman–Crippen LogP) is 1.75. The third kappa shape index (κ3) is 1.38. The van der Waals surface area contributed by atoms with Gasteiger partial charge in [-0.2, -0.15) is 0 Å². The molecule has 0 spiro atoms. The van der Waals surface area contributed by atoms with Gasteiger partial charge in [-0.1, -0.05) is 18.2 Å². The van der Waals surface area contributed by atoms with Crippen molar-refractivity contribution in [2.75, 3.05) is 6.61 Å². The second kappa shape index (κ2) is 3.55. The first-order valence-electron chi connectivity index (χ1n) is 4.55. The summed E-state index contributed by atoms with van der Waals surface area (Å²) in [5.41, 5.74) is 0.918. The van der Waals surface area contributed by atoms with Gasteiger partial charge in [0.25, 0.3) is 0 Å². The van der Waals surface area contributed by atoms with Crippen LogP contribution in [0, 0.1) is 12.3 Å². The summed E-state index contributed by atoms with van der Waals surface area (Å²) in [5.74, 6) is 2.64. The zero-order valence-corrected chi connectivity index (χ0v) is 7.69. The number of Topliss-reactive ketones (excluding diaryl/α,β-unsaturated/α-hetero) is 1. The van der Waals surface area contributed by atoms with Gasteiger partial charge in [-0.25, -0.2) is 0 Å². The normalized spacial score (nSPS) is 18.9. The highest BCUT2D eigenvalue weighted by molar-refractivity contribution is 6.00. The van der Waals surface area contributed by atoms with E-state index in [1.54, 1.807) is 0 Å². The molecule has 1 aromatic carbocycles. The number of hydrogen-bond acceptors (Lipinski definition) is 2. The van der Waals surface area contributed by atoms with Gasteiger partial charge >= 0.3 is 0 Å². The Morgan fingerprint density at radius 3 is 3.07 bits per heavy atom. The van der Waals surface area contributed by atoms with E-state index >= 15 is 0 Å². The van der Waals surface area contributed by atoms with E-state index in [4.69, 9.17) is 11.2 Å². The van der Waals surface area contributed by atoms with Crippen LogP contribution in [0.1, 0.15) is 17.9 Å². The zero-order valence-electron chi connectivity index (χ0n) is 7.69. The number of carbonyl (C=O) groups excluding carboxylic acids is 1. The molecule has 2 rings (SSSR count). The van der Waals surface area contributed by atoms with E-state index in [9.17, 15) is 4.79 Å². The van der Waals surface area contributed by atoms with Crippen LogP contribution in [0.15, 0.2) is 24.3 Å². The molecule has 0 saturated carbocycles. The Morgan fingerprint density at radius 1 is 1.50 bits per heavy atom. The van der Waals surface area contributed by atoms with Crippen LogP contribution in [-0.2, 0) is 4.79 Å². The number of carbonyl (C=O) groups is 1. The summed E-state index contributed by atoms with van der Waals surface area (Å²) in [4.78, 5) is 11.4. The highest BCUT2D eigenvalue weighted by atomic mass is 16.5. The topological polar surface area (TPSA) is 26.3 Å². The van der Waals surface area contributed by atoms with Crippen LogP contribution in [0.25, 0.3) is 0 Å². The average molecular weight is 186 g/mol. The van der Waals surface area contributed by atoms with Gasteiger partial charge in [-0.05, 0) is 18.4 Å². The third-order valence-corrected chi connectivity index (χ3v) is 2.42. The van der Waals surface area contributed by atoms with Crippen molar-refractivity contribution in [3.8, 4) is 18.1 Å². The Bertz CT molecular complexity index is 401. The molecule has 70 valence electrons. The Labute approximate surface area is 82.9 Å². The smallest absolute Gasteiger partial charge is 0.212 e. The molecule has 0 aromatic heterocycles. The quantitative estimate of drug-likeness (QED) is 0.493. The van der Waals surface area contributed by atoms with Crippen molar-refractivity contribution in [1.82, 2.24) is 0 Å². The number of para-hydroxylation sites is 1. The van der Waals surface area contributed by atoms with Crippen molar-refractivity contribution in [2.45, 2.75) is 12.3 Å². The molecule has 0 aliphatic carbocycles. The molecule has 0 bridgehead atoms. The Balaban J connectivity index is 2.41. The third-order valence-electron chi connectivity index (χ3n) is 2.42. The van der Waals surface area contributed by atoms with Crippen molar-refractivity contribution in [2.24, 2.45) is 0 Å². The molecule has 0 saturated heterocycles. The molecule has 2 heteroatoms. The maximum Gasteiger partial charge on any atom is 0.212 e. The Hall–Kier alpha value is -1.75. The lowest BCUT2D eigenvalue weighted by atomic mass is 9.90. The Kier molecular flexibility index (Phi) is 2.24. The lowest BCUT2D eigenvalue weighted by Gasteiger charge is -2.23. The second-order valence-corrected chi connectivity index (χ2v) is 3.24. The first-order valence-corrected chi connectivity index (χ1v) is 4.55. The second-order valence-electron chi connectivity index (χ2n) is 3.24. The summed E-state index contributed by atoms with van der Waals surface area (Å²) >= 11 is 0. The highest BCUT2D eigenvalue weighted by Gasteiger charge is 2.25. The van der Waals surface area contributed by atoms with E-state index in [0.717, 1.165) is 11.3 Å². The molecular weight excluding hydrogens is 176 g/mol. The van der Waals surface area contributed by atoms with Crippen LogP contribution in [0.2, 0.25) is 0 Å². The lowest BCUT2D eigenvalue weighted by Crippen LogP contribution is -2.20. The number of ketones is 1. The van der Waals surface area contributed by atoms with Gasteiger partial charge in [0.2, 0.25) is 5.78 Å². The van der Waals surface area contributed by atoms with Crippen LogP contribution in [0.5, 0.6) is 5.75 Å². The SMILES string of the molecule is C#CC(=O)C1CCOc2ccccc21. The zero-order chi connectivity index (χ0) is 9.97. The first-order chi connectivity index (χ1) is 6.83. The molecule has 1 aliphatic rings. The fourth-order valence-corrected chi connectivity index (χ4v) is 1.72. The minimum Gasteiger partial charge on any atom is -0.493 e. The van der Waals surface area contributed by atoms with Crippen molar-refractivity contribution in [3.05, 3.63) is 29.8 Å². The van der Waals surface area contributed by atoms with Crippen LogP contribution < -0.4 is 4.74 Å². The Morgan fingerprint density at radius 2 is 2.29 bits per heavy atom. The minimum atomic E-state index is -0.176. The molecule has 1 aliphatic heterocycles. The van der Waals surface area contributed by atoms with Gasteiger partial charge in [-0.15, -0.1) is 6.42 Å². The largest absolute Gasteiger partial charge is 0.493 e. The number of benzene rings is 1. The fraction of sp³-hybridized carbons (Fsp3) is 0.250. The van der Waals surface area contributed by atoms with Crippen molar-refractivity contribution < 1.29 is 9.53 Å². The molecule has 14 heavy (non-hydrogen) atoms. The molecule has 1 atom stereocenters. The summed E-state index contributed by atoms with van der Waals surface area (Å²) < 4.78 is 5.43. The summed E-state index contributed by atoms with van der Waals surface area (Å²) in [7, 11) is 0. The van der Waals surface area contributed by atoms with E-state index in [0.29, 0.717) is 13.0 Å². The van der Waals surface area contributed by atoms with E-state index in [1.165, 1.54) is 0 Å². The minimum absolute atomic E-state index is 0.152. The van der Waals surface area contributed by atoms with E-state index in [-0.39, 0.29) is 11.7 Å². The molecule has 1 unspecified atom stereocenters. The van der Waals surface area contributed by atoms with Crippen LogP contribution in [-0.4, -0.2) is 12.4 Å². The standard InChI is InChI=1S/C12H10O2/c1-2-11(13)9-7-8-14-12-6-4-3-5-10(9)12/h1,3-6,9H,7-8H2. The molecule has 0 N–H and O–H groups in total. The van der Waals surface area contributed by atoms with Gasteiger partial charge in [0, 0.05) is 5.56 Å². The average Bonchev–Trinajstić information content (AvgIpc) is 2.27. The number of ether oxygens (including phenoxy) is 1. The summed E-state index contributed by atoms with van der Waals surface area (Å²) in [6, 6.07) is 7.55. The number of terminal acetylenes is 1. The summed E-state index contributed by atoms with van der Waals surface area (Å²) in [6.07, 6.45) is 5.80. The van der Waals surface area contributed by atoms with Gasteiger partial charge in [0.1, 0.15) is 5.75 Å². The number of hydrogen-bond donors (Lipinski definition) is 0. The molecule has 0 fully saturated rings. The molecular formula is C12H10O2. The fourth-order valence-electron chi connectivity index (χ4n) is 1.72. The summed E-state index contributed by atoms with van der Waals surface area (Å²) in [6.45, 7) is 0.565. The van der Waals surface area contributed by atoms with Crippen molar-refractivity contribution in [3.63, 3.8) is 0 Å². The van der Waals surface area contributed by atoms with Gasteiger partial charge < -0.3 is 4.74 Å². The first kappa shape index (κ1) is 8.83. The van der Waals surface area contributed by atoms with Gasteiger partial charge in [0.05, 0.1) is 12.5 Å².